The molecule has 0 aliphatic rings. The van der Waals surface area contributed by atoms with Gasteiger partial charge < -0.3 is 10.1 Å². The first kappa shape index (κ1) is 21.1. The monoisotopic (exact) mass is 463 g/mol. The van der Waals surface area contributed by atoms with Crippen molar-refractivity contribution < 1.29 is 4.74 Å². The number of nitrogens with zero attached hydrogens (tertiary/aromatic N) is 5. The van der Waals surface area contributed by atoms with Crippen LogP contribution in [0.3, 0.4) is 0 Å². The van der Waals surface area contributed by atoms with Gasteiger partial charge in [0.2, 0.25) is 11.8 Å². The Hall–Kier alpha value is -3.66. The molecule has 8 nitrogen and oxygen atoms in total. The predicted molar refractivity (Wildman–Crippen MR) is 117 cm³/mol. The molecule has 0 aliphatic heterocycles. The molecule has 150 valence electrons. The number of hydrazine groups is 1. The molecular weight excluding hydrogens is 446 g/mol. The highest BCUT2D eigenvalue weighted by Gasteiger charge is 2.19. The molecule has 2 aromatic carbocycles. The van der Waals surface area contributed by atoms with Crippen molar-refractivity contribution in [2.45, 2.75) is 13.8 Å². The van der Waals surface area contributed by atoms with Crippen LogP contribution in [0.2, 0.25) is 0 Å². The maximum Gasteiger partial charge on any atom is 0.250 e. The van der Waals surface area contributed by atoms with E-state index in [4.69, 9.17) is 21.1 Å². The summed E-state index contributed by atoms with van der Waals surface area (Å²) < 4.78 is 6.64. The second-order valence-corrected chi connectivity index (χ2v) is 7.22. The van der Waals surface area contributed by atoms with Gasteiger partial charge in [-0.3, -0.25) is 0 Å². The third kappa shape index (κ3) is 4.18. The third-order valence-electron chi connectivity index (χ3n) is 4.32. The number of hydrogen-bond donors (Lipinski definition) is 2. The van der Waals surface area contributed by atoms with Crippen molar-refractivity contribution in [2.24, 2.45) is 5.84 Å². The second-order valence-electron chi connectivity index (χ2n) is 6.42. The van der Waals surface area contributed by atoms with Crippen molar-refractivity contribution in [2.75, 3.05) is 17.4 Å². The van der Waals surface area contributed by atoms with Crippen molar-refractivity contribution in [3.63, 3.8) is 0 Å². The molecule has 0 spiro atoms. The van der Waals surface area contributed by atoms with Gasteiger partial charge in [-0.25, -0.2) is 10.9 Å². The summed E-state index contributed by atoms with van der Waals surface area (Å²) in [6.07, 6.45) is 0. The molecule has 1 aromatic heterocycles. The fourth-order valence-corrected chi connectivity index (χ4v) is 3.30. The minimum Gasteiger partial charge on any atom is -0.437 e. The van der Waals surface area contributed by atoms with Gasteiger partial charge in [0.05, 0.1) is 29.0 Å². The topological polar surface area (TPSA) is 124 Å². The number of benzene rings is 2. The largest absolute Gasteiger partial charge is 0.437 e. The molecule has 0 saturated heterocycles. The van der Waals surface area contributed by atoms with E-state index in [0.717, 1.165) is 11.1 Å². The van der Waals surface area contributed by atoms with E-state index in [9.17, 15) is 0 Å². The van der Waals surface area contributed by atoms with E-state index in [2.05, 4.69) is 43.4 Å². The molecular formula is C21H18BrN7O. The Bertz CT molecular complexity index is 1160. The zero-order valence-electron chi connectivity index (χ0n) is 16.6. The fourth-order valence-electron chi connectivity index (χ4n) is 2.84. The molecule has 0 atom stereocenters. The molecule has 0 radical (unpaired) electrons. The highest BCUT2D eigenvalue weighted by atomic mass is 79.9. The molecule has 3 N–H and O–H groups in total. The average Bonchev–Trinajstić information content (AvgIpc) is 2.76. The predicted octanol–water partition coefficient (Wildman–Crippen LogP) is 4.45. The Morgan fingerprint density at radius 2 is 1.63 bits per heavy atom. The number of anilines is 3. The summed E-state index contributed by atoms with van der Waals surface area (Å²) in [5.41, 5.74) is 3.30. The van der Waals surface area contributed by atoms with Gasteiger partial charge in [0.15, 0.2) is 0 Å². The van der Waals surface area contributed by atoms with Crippen molar-refractivity contribution in [1.29, 1.82) is 10.5 Å². The Labute approximate surface area is 182 Å². The van der Waals surface area contributed by atoms with Gasteiger partial charge in [0.1, 0.15) is 16.0 Å². The first-order chi connectivity index (χ1) is 14.4. The van der Waals surface area contributed by atoms with Gasteiger partial charge in [-0.15, -0.1) is 0 Å². The highest BCUT2D eigenvalue weighted by Crippen LogP contribution is 2.37. The van der Waals surface area contributed by atoms with Gasteiger partial charge in [0, 0.05) is 7.05 Å². The van der Waals surface area contributed by atoms with E-state index in [1.807, 2.05) is 13.8 Å². The van der Waals surface area contributed by atoms with Crippen LogP contribution in [0.1, 0.15) is 22.3 Å². The van der Waals surface area contributed by atoms with Crippen LogP contribution < -0.4 is 20.9 Å². The summed E-state index contributed by atoms with van der Waals surface area (Å²) >= 11 is 3.47. The number of aryl methyl sites for hydroxylation is 2. The van der Waals surface area contributed by atoms with Crippen LogP contribution in [0.4, 0.5) is 17.5 Å². The van der Waals surface area contributed by atoms with Crippen molar-refractivity contribution in [3.05, 3.63) is 63.1 Å². The Morgan fingerprint density at radius 3 is 2.17 bits per heavy atom. The maximum atomic E-state index is 9.15. The molecule has 0 bridgehead atoms. The molecule has 0 fully saturated rings. The molecule has 9 heteroatoms. The number of halogens is 1. The summed E-state index contributed by atoms with van der Waals surface area (Å²) in [6.45, 7) is 3.73. The normalized spacial score (nSPS) is 10.1. The average molecular weight is 464 g/mol. The number of nitrogens with two attached hydrogens (primary N) is 1. The van der Waals surface area contributed by atoms with Crippen LogP contribution >= 0.6 is 15.9 Å². The van der Waals surface area contributed by atoms with E-state index < -0.39 is 0 Å². The van der Waals surface area contributed by atoms with Gasteiger partial charge in [-0.1, -0.05) is 0 Å². The zero-order chi connectivity index (χ0) is 21.8. The molecule has 3 rings (SSSR count). The van der Waals surface area contributed by atoms with E-state index in [1.54, 1.807) is 43.4 Å². The number of nitriles is 2. The molecule has 30 heavy (non-hydrogen) atoms. The maximum absolute atomic E-state index is 9.15. The van der Waals surface area contributed by atoms with E-state index in [-0.39, 0.29) is 11.8 Å². The van der Waals surface area contributed by atoms with Crippen LogP contribution in [0.25, 0.3) is 0 Å². The molecule has 0 amide bonds. The van der Waals surface area contributed by atoms with Crippen LogP contribution in [0.5, 0.6) is 11.6 Å². The summed E-state index contributed by atoms with van der Waals surface area (Å²) in [7, 11) is 1.72. The summed E-state index contributed by atoms with van der Waals surface area (Å²) in [5.74, 6) is 7.79. The number of rotatable bonds is 5. The van der Waals surface area contributed by atoms with Crippen LogP contribution in [0, 0.1) is 36.5 Å². The quantitative estimate of drug-likeness (QED) is 0.420. The molecule has 0 saturated carbocycles. The highest BCUT2D eigenvalue weighted by molar-refractivity contribution is 9.10. The summed E-state index contributed by atoms with van der Waals surface area (Å²) in [4.78, 5) is 8.90. The van der Waals surface area contributed by atoms with Gasteiger partial charge in [-0.05, 0) is 77.3 Å². The van der Waals surface area contributed by atoms with Crippen LogP contribution in [-0.2, 0) is 0 Å². The Morgan fingerprint density at radius 1 is 1.03 bits per heavy atom. The van der Waals surface area contributed by atoms with Crippen molar-refractivity contribution >= 4 is 33.4 Å². The lowest BCUT2D eigenvalue weighted by atomic mass is 10.1. The lowest BCUT2D eigenvalue weighted by Crippen LogP contribution is -2.27. The summed E-state index contributed by atoms with van der Waals surface area (Å²) in [6, 6.07) is 14.4. The minimum absolute atomic E-state index is 0.200. The van der Waals surface area contributed by atoms with E-state index in [1.165, 1.54) is 5.01 Å². The van der Waals surface area contributed by atoms with Gasteiger partial charge in [0.25, 0.3) is 0 Å². The molecule has 0 aliphatic carbocycles. The number of ether oxygens (including phenoxy) is 1. The van der Waals surface area contributed by atoms with Crippen LogP contribution in [-0.4, -0.2) is 17.0 Å². The van der Waals surface area contributed by atoms with Crippen molar-refractivity contribution in [1.82, 2.24) is 9.97 Å². The first-order valence-electron chi connectivity index (χ1n) is 8.87. The van der Waals surface area contributed by atoms with E-state index in [0.29, 0.717) is 32.9 Å². The molecule has 0 unspecified atom stereocenters. The third-order valence-corrected chi connectivity index (χ3v) is 5.04. The molecule has 3 aromatic rings. The van der Waals surface area contributed by atoms with Gasteiger partial charge >= 0.3 is 0 Å². The Kier molecular flexibility index (Phi) is 6.17. The lowest BCUT2D eigenvalue weighted by molar-refractivity contribution is 0.452. The minimum atomic E-state index is 0.200. The second kappa shape index (κ2) is 8.78. The smallest absolute Gasteiger partial charge is 0.250 e. The zero-order valence-corrected chi connectivity index (χ0v) is 18.1. The number of aromatic nitrogens is 2. The number of hydrogen-bond acceptors (Lipinski definition) is 8. The molecule has 1 heterocycles. The summed E-state index contributed by atoms with van der Waals surface area (Å²) in [5, 5.41) is 22.4. The fraction of sp³-hybridized carbons (Fsp3) is 0.143. The Balaban J connectivity index is 2.04. The van der Waals surface area contributed by atoms with E-state index >= 15 is 0 Å². The van der Waals surface area contributed by atoms with Crippen molar-refractivity contribution in [3.8, 4) is 23.8 Å². The standard InChI is InChI=1S/C21H18BrN7O/c1-12-8-15(11-24)9-13(2)18(12)30-20-17(22)19(26-3)27-21(28-20)29(25)16-6-4-14(10-23)5-7-16/h4-9H,25H2,1-3H3,(H,26,27,28). The first-order valence-corrected chi connectivity index (χ1v) is 9.66. The van der Waals surface area contributed by atoms with Crippen LogP contribution in [0.15, 0.2) is 40.9 Å². The SMILES string of the molecule is CNc1nc(N(N)c2ccc(C#N)cc2)nc(Oc2c(C)cc(C#N)cc2C)c1Br. The van der Waals surface area contributed by atoms with Gasteiger partial charge in [-0.2, -0.15) is 20.5 Å². The lowest BCUT2D eigenvalue weighted by Gasteiger charge is -2.20. The number of nitrogens with one attached hydrogen (secondary N) is 1.